The number of rotatable bonds is 2. The van der Waals surface area contributed by atoms with Gasteiger partial charge >= 0.3 is 5.97 Å². The van der Waals surface area contributed by atoms with Gasteiger partial charge in [-0.3, -0.25) is 4.79 Å². The molecule has 3 nitrogen and oxygen atoms in total. The van der Waals surface area contributed by atoms with Crippen LogP contribution in [0, 0.1) is 23.7 Å². The molecule has 0 aromatic carbocycles. The zero-order chi connectivity index (χ0) is 9.71. The number of hydrogen-bond donors (Lipinski definition) is 1. The first-order valence-electron chi connectivity index (χ1n) is 5.31. The van der Waals surface area contributed by atoms with Crippen LogP contribution < -0.4 is 0 Å². The number of carbonyl (C=O) groups is 1. The molecule has 5 unspecified atom stereocenters. The second-order valence-corrected chi connectivity index (χ2v) is 4.54. The summed E-state index contributed by atoms with van der Waals surface area (Å²) in [5, 5.41) is 8.89. The predicted octanol–water partition coefficient (Wildman–Crippen LogP) is 0.732. The van der Waals surface area contributed by atoms with E-state index in [-0.39, 0.29) is 24.6 Å². The fourth-order valence-electron chi connectivity index (χ4n) is 3.38. The monoisotopic (exact) mass is 194 g/mol. The SMILES string of the molecule is O=C1OC(CCO)C2C3C=CC(C3)C12. The number of allylic oxidation sites excluding steroid dienone is 2. The van der Waals surface area contributed by atoms with Crippen LogP contribution in [-0.4, -0.2) is 23.8 Å². The second kappa shape index (κ2) is 2.83. The van der Waals surface area contributed by atoms with Crippen molar-refractivity contribution in [3.8, 4) is 0 Å². The Morgan fingerprint density at radius 3 is 3.00 bits per heavy atom. The number of hydrogen-bond acceptors (Lipinski definition) is 3. The highest BCUT2D eigenvalue weighted by molar-refractivity contribution is 5.77. The van der Waals surface area contributed by atoms with Crippen molar-refractivity contribution in [2.24, 2.45) is 23.7 Å². The predicted molar refractivity (Wildman–Crippen MR) is 49.3 cm³/mol. The van der Waals surface area contributed by atoms with Crippen LogP contribution in [0.2, 0.25) is 0 Å². The van der Waals surface area contributed by atoms with Crippen molar-refractivity contribution < 1.29 is 14.6 Å². The van der Waals surface area contributed by atoms with E-state index in [0.717, 1.165) is 6.42 Å². The molecule has 76 valence electrons. The van der Waals surface area contributed by atoms with Gasteiger partial charge in [-0.15, -0.1) is 0 Å². The summed E-state index contributed by atoms with van der Waals surface area (Å²) in [5.41, 5.74) is 0. The third kappa shape index (κ3) is 0.934. The Kier molecular flexibility index (Phi) is 1.71. The van der Waals surface area contributed by atoms with Crippen LogP contribution in [0.4, 0.5) is 0 Å². The molecule has 1 saturated carbocycles. The molecule has 0 aromatic heterocycles. The zero-order valence-corrected chi connectivity index (χ0v) is 7.93. The Balaban J connectivity index is 1.88. The van der Waals surface area contributed by atoms with Gasteiger partial charge in [-0.1, -0.05) is 12.2 Å². The third-order valence-corrected chi connectivity index (χ3v) is 3.90. The molecule has 3 heteroatoms. The Hall–Kier alpha value is -0.830. The van der Waals surface area contributed by atoms with E-state index in [1.807, 2.05) is 0 Å². The lowest BCUT2D eigenvalue weighted by Crippen LogP contribution is -2.25. The first-order valence-corrected chi connectivity index (χ1v) is 5.31. The molecule has 0 amide bonds. The molecule has 1 aliphatic heterocycles. The molecule has 3 rings (SSSR count). The van der Waals surface area contributed by atoms with Gasteiger partial charge in [-0.25, -0.2) is 0 Å². The lowest BCUT2D eigenvalue weighted by atomic mass is 9.81. The van der Waals surface area contributed by atoms with Gasteiger partial charge in [0.25, 0.3) is 0 Å². The van der Waals surface area contributed by atoms with Gasteiger partial charge in [0.1, 0.15) is 6.10 Å². The number of esters is 1. The van der Waals surface area contributed by atoms with Crippen LogP contribution in [0.3, 0.4) is 0 Å². The highest BCUT2D eigenvalue weighted by Gasteiger charge is 2.57. The molecule has 0 aromatic rings. The average Bonchev–Trinajstić information content (AvgIpc) is 2.80. The number of ether oxygens (including phenoxy) is 1. The maximum atomic E-state index is 11.6. The van der Waals surface area contributed by atoms with Gasteiger partial charge in [-0.2, -0.15) is 0 Å². The van der Waals surface area contributed by atoms with Crippen molar-refractivity contribution in [3.05, 3.63) is 12.2 Å². The van der Waals surface area contributed by atoms with Gasteiger partial charge in [0.15, 0.2) is 0 Å². The summed E-state index contributed by atoms with van der Waals surface area (Å²) >= 11 is 0. The maximum Gasteiger partial charge on any atom is 0.310 e. The molecule has 3 aliphatic rings. The van der Waals surface area contributed by atoms with Crippen LogP contribution in [0.5, 0.6) is 0 Å². The number of cyclic esters (lactones) is 1. The molecule has 2 bridgehead atoms. The lowest BCUT2D eigenvalue weighted by molar-refractivity contribution is -0.145. The van der Waals surface area contributed by atoms with E-state index in [2.05, 4.69) is 12.2 Å². The molecule has 2 fully saturated rings. The van der Waals surface area contributed by atoms with Gasteiger partial charge < -0.3 is 9.84 Å². The Labute approximate surface area is 82.8 Å². The molecule has 0 radical (unpaired) electrons. The molecule has 0 spiro atoms. The van der Waals surface area contributed by atoms with Gasteiger partial charge in [0.2, 0.25) is 0 Å². The van der Waals surface area contributed by atoms with Crippen molar-refractivity contribution >= 4 is 5.97 Å². The minimum Gasteiger partial charge on any atom is -0.462 e. The summed E-state index contributed by atoms with van der Waals surface area (Å²) in [6.07, 6.45) is 6.07. The van der Waals surface area contributed by atoms with E-state index in [9.17, 15) is 4.79 Å². The third-order valence-electron chi connectivity index (χ3n) is 3.90. The summed E-state index contributed by atoms with van der Waals surface area (Å²) < 4.78 is 5.31. The van der Waals surface area contributed by atoms with Gasteiger partial charge in [-0.05, 0) is 18.3 Å². The van der Waals surface area contributed by atoms with Gasteiger partial charge in [0.05, 0.1) is 5.92 Å². The molecule has 5 atom stereocenters. The second-order valence-electron chi connectivity index (χ2n) is 4.54. The Morgan fingerprint density at radius 2 is 2.21 bits per heavy atom. The fourth-order valence-corrected chi connectivity index (χ4v) is 3.38. The standard InChI is InChI=1S/C11H14O3/c12-4-3-8-9-6-1-2-7(5-6)10(9)11(13)14-8/h1-2,6-10,12H,3-5H2. The van der Waals surface area contributed by atoms with E-state index >= 15 is 0 Å². The molecule has 1 saturated heterocycles. The highest BCUT2D eigenvalue weighted by atomic mass is 16.6. The number of aliphatic hydroxyl groups is 1. The molecule has 14 heavy (non-hydrogen) atoms. The van der Waals surface area contributed by atoms with Crippen LogP contribution in [0.25, 0.3) is 0 Å². The number of aliphatic hydroxyl groups excluding tert-OH is 1. The smallest absolute Gasteiger partial charge is 0.310 e. The van der Waals surface area contributed by atoms with Crippen molar-refractivity contribution in [1.82, 2.24) is 0 Å². The summed E-state index contributed by atoms with van der Waals surface area (Å²) in [7, 11) is 0. The Morgan fingerprint density at radius 1 is 1.43 bits per heavy atom. The van der Waals surface area contributed by atoms with E-state index in [1.165, 1.54) is 0 Å². The van der Waals surface area contributed by atoms with E-state index in [0.29, 0.717) is 24.2 Å². The maximum absolute atomic E-state index is 11.6. The van der Waals surface area contributed by atoms with Crippen LogP contribution in [-0.2, 0) is 9.53 Å². The van der Waals surface area contributed by atoms with E-state index < -0.39 is 0 Å². The fraction of sp³-hybridized carbons (Fsp3) is 0.727. The largest absolute Gasteiger partial charge is 0.462 e. The van der Waals surface area contributed by atoms with Crippen LogP contribution in [0.15, 0.2) is 12.2 Å². The molecule has 1 heterocycles. The minimum atomic E-state index is -0.0368. The highest BCUT2D eigenvalue weighted by Crippen LogP contribution is 2.54. The van der Waals surface area contributed by atoms with Crippen LogP contribution in [0.1, 0.15) is 12.8 Å². The summed E-state index contributed by atoms with van der Waals surface area (Å²) in [6.45, 7) is 0.113. The topological polar surface area (TPSA) is 46.5 Å². The average molecular weight is 194 g/mol. The van der Waals surface area contributed by atoms with Crippen molar-refractivity contribution in [2.45, 2.75) is 18.9 Å². The zero-order valence-electron chi connectivity index (χ0n) is 7.93. The number of carbonyl (C=O) groups excluding carboxylic acids is 1. The minimum absolute atomic E-state index is 0.0301. The van der Waals surface area contributed by atoms with E-state index in [4.69, 9.17) is 9.84 Å². The summed E-state index contributed by atoms with van der Waals surface area (Å²) in [4.78, 5) is 11.6. The molecule has 1 N–H and O–H groups in total. The summed E-state index contributed by atoms with van der Waals surface area (Å²) in [6, 6.07) is 0. The first-order chi connectivity index (χ1) is 6.81. The first kappa shape index (κ1) is 8.48. The quantitative estimate of drug-likeness (QED) is 0.520. The Bertz CT molecular complexity index is 297. The molecule has 2 aliphatic carbocycles. The van der Waals surface area contributed by atoms with Crippen molar-refractivity contribution in [3.63, 3.8) is 0 Å². The number of fused-ring (bicyclic) bond motifs is 5. The molecular weight excluding hydrogens is 180 g/mol. The summed E-state index contributed by atoms with van der Waals surface area (Å²) in [5.74, 6) is 1.35. The lowest BCUT2D eigenvalue weighted by Gasteiger charge is -2.21. The van der Waals surface area contributed by atoms with Crippen molar-refractivity contribution in [2.75, 3.05) is 6.61 Å². The molecular formula is C11H14O3. The van der Waals surface area contributed by atoms with Crippen LogP contribution >= 0.6 is 0 Å². The van der Waals surface area contributed by atoms with Gasteiger partial charge in [0, 0.05) is 18.9 Å². The normalized spacial score (nSPS) is 48.4. The van der Waals surface area contributed by atoms with Crippen molar-refractivity contribution in [1.29, 1.82) is 0 Å². The van der Waals surface area contributed by atoms with E-state index in [1.54, 1.807) is 0 Å².